The number of hydrogen-bond acceptors (Lipinski definition) is 5. The quantitative estimate of drug-likeness (QED) is 0.800. The molecule has 2 saturated carbocycles. The Balaban J connectivity index is 1.48. The van der Waals surface area contributed by atoms with Gasteiger partial charge in [-0.05, 0) is 82.5 Å². The lowest BCUT2D eigenvalue weighted by atomic mass is 9.90. The third-order valence-electron chi connectivity index (χ3n) is 7.58. The monoisotopic (exact) mass is 397 g/mol. The Morgan fingerprint density at radius 2 is 1.90 bits per heavy atom. The first kappa shape index (κ1) is 19.3. The van der Waals surface area contributed by atoms with Gasteiger partial charge in [0.1, 0.15) is 5.65 Å². The number of nitrogens with zero attached hydrogens (tertiary/aromatic N) is 4. The molecule has 0 amide bonds. The van der Waals surface area contributed by atoms with Crippen molar-refractivity contribution in [2.75, 3.05) is 25.5 Å². The van der Waals surface area contributed by atoms with Crippen LogP contribution in [0.5, 0.6) is 0 Å². The fourth-order valence-electron chi connectivity index (χ4n) is 5.42. The smallest absolute Gasteiger partial charge is 0.224 e. The SMILES string of the molecule is CC[C@@H]1C[C@H]1Nc1ncc2c(C3CCN(C)CC3)cn([C@H]3CC[C@H](O)CC3)c2n1. The Morgan fingerprint density at radius 3 is 2.59 bits per heavy atom. The van der Waals surface area contributed by atoms with E-state index in [0.29, 0.717) is 18.0 Å². The van der Waals surface area contributed by atoms with E-state index in [-0.39, 0.29) is 6.10 Å². The number of aliphatic hydroxyl groups is 1. The second kappa shape index (κ2) is 7.88. The minimum atomic E-state index is -0.130. The molecule has 0 spiro atoms. The van der Waals surface area contributed by atoms with E-state index in [9.17, 15) is 5.11 Å². The van der Waals surface area contributed by atoms with Gasteiger partial charge in [0.2, 0.25) is 5.95 Å². The number of rotatable bonds is 5. The fourth-order valence-corrected chi connectivity index (χ4v) is 5.42. The first-order chi connectivity index (χ1) is 14.1. The van der Waals surface area contributed by atoms with Gasteiger partial charge in [0, 0.05) is 29.9 Å². The summed E-state index contributed by atoms with van der Waals surface area (Å²) in [7, 11) is 2.22. The van der Waals surface area contributed by atoms with Crippen LogP contribution in [0.3, 0.4) is 0 Å². The van der Waals surface area contributed by atoms with Gasteiger partial charge in [0.15, 0.2) is 0 Å². The molecule has 2 atom stereocenters. The van der Waals surface area contributed by atoms with E-state index in [2.05, 4.69) is 41.1 Å². The van der Waals surface area contributed by atoms with Crippen LogP contribution >= 0.6 is 0 Å². The molecule has 0 aromatic carbocycles. The fraction of sp³-hybridized carbons (Fsp3) is 0.739. The van der Waals surface area contributed by atoms with Crippen molar-refractivity contribution in [2.45, 2.75) is 82.4 Å². The molecule has 6 heteroatoms. The van der Waals surface area contributed by atoms with E-state index in [1.54, 1.807) is 0 Å². The summed E-state index contributed by atoms with van der Waals surface area (Å²) in [6, 6.07) is 0.979. The van der Waals surface area contributed by atoms with E-state index in [1.807, 2.05) is 0 Å². The van der Waals surface area contributed by atoms with Gasteiger partial charge in [-0.1, -0.05) is 13.3 Å². The van der Waals surface area contributed by atoms with Crippen molar-refractivity contribution < 1.29 is 5.11 Å². The zero-order chi connectivity index (χ0) is 20.0. The summed E-state index contributed by atoms with van der Waals surface area (Å²) in [5.74, 6) is 2.15. The summed E-state index contributed by atoms with van der Waals surface area (Å²) in [5, 5.41) is 14.8. The van der Waals surface area contributed by atoms with Crippen LogP contribution in [0.25, 0.3) is 11.0 Å². The van der Waals surface area contributed by atoms with Crippen LogP contribution in [-0.4, -0.2) is 56.8 Å². The predicted molar refractivity (Wildman–Crippen MR) is 116 cm³/mol. The molecule has 2 aromatic rings. The number of aliphatic hydroxyl groups excluding tert-OH is 1. The molecule has 3 heterocycles. The molecule has 3 fully saturated rings. The molecular formula is C23H35N5O. The van der Waals surface area contributed by atoms with Crippen LogP contribution in [0.15, 0.2) is 12.4 Å². The molecule has 6 nitrogen and oxygen atoms in total. The molecule has 0 bridgehead atoms. The van der Waals surface area contributed by atoms with Gasteiger partial charge in [0.05, 0.1) is 6.10 Å². The van der Waals surface area contributed by atoms with Gasteiger partial charge < -0.3 is 19.9 Å². The first-order valence-corrected chi connectivity index (χ1v) is 11.6. The number of aromatic nitrogens is 3. The summed E-state index contributed by atoms with van der Waals surface area (Å²) in [5.41, 5.74) is 2.52. The lowest BCUT2D eigenvalue weighted by Crippen LogP contribution is -2.29. The Labute approximate surface area is 173 Å². The number of fused-ring (bicyclic) bond motifs is 1. The van der Waals surface area contributed by atoms with Crippen LogP contribution in [0, 0.1) is 5.92 Å². The van der Waals surface area contributed by atoms with Gasteiger partial charge in [-0.3, -0.25) is 0 Å². The van der Waals surface area contributed by atoms with E-state index < -0.39 is 0 Å². The Kier molecular flexibility index (Phi) is 5.25. The van der Waals surface area contributed by atoms with Gasteiger partial charge in [-0.15, -0.1) is 0 Å². The molecule has 0 radical (unpaired) electrons. The van der Waals surface area contributed by atoms with Gasteiger partial charge >= 0.3 is 0 Å². The van der Waals surface area contributed by atoms with Gasteiger partial charge in [0.25, 0.3) is 0 Å². The summed E-state index contributed by atoms with van der Waals surface area (Å²) >= 11 is 0. The summed E-state index contributed by atoms with van der Waals surface area (Å²) in [6.07, 6.45) is 13.0. The van der Waals surface area contributed by atoms with Crippen LogP contribution in [-0.2, 0) is 0 Å². The minimum Gasteiger partial charge on any atom is -0.393 e. The number of piperidine rings is 1. The highest BCUT2D eigenvalue weighted by Gasteiger charge is 2.36. The van der Waals surface area contributed by atoms with E-state index in [1.165, 1.54) is 36.6 Å². The van der Waals surface area contributed by atoms with E-state index >= 15 is 0 Å². The number of hydrogen-bond donors (Lipinski definition) is 2. The van der Waals surface area contributed by atoms with E-state index in [4.69, 9.17) is 9.97 Å². The predicted octanol–water partition coefficient (Wildman–Crippen LogP) is 3.93. The molecule has 1 aliphatic heterocycles. The van der Waals surface area contributed by atoms with Crippen molar-refractivity contribution in [1.29, 1.82) is 0 Å². The molecule has 29 heavy (non-hydrogen) atoms. The highest BCUT2D eigenvalue weighted by atomic mass is 16.3. The summed E-state index contributed by atoms with van der Waals surface area (Å²) < 4.78 is 2.42. The van der Waals surface area contributed by atoms with Crippen molar-refractivity contribution in [3.63, 3.8) is 0 Å². The average Bonchev–Trinajstić information content (AvgIpc) is 3.38. The van der Waals surface area contributed by atoms with Crippen molar-refractivity contribution in [3.05, 3.63) is 18.0 Å². The molecule has 2 N–H and O–H groups in total. The van der Waals surface area contributed by atoms with Crippen molar-refractivity contribution in [3.8, 4) is 0 Å². The second-order valence-corrected chi connectivity index (χ2v) is 9.62. The standard InChI is InChI=1S/C23H35N5O/c1-3-15-12-21(15)25-23-24-13-19-20(16-8-10-27(2)11-9-16)14-28(22(19)26-23)17-4-6-18(29)7-5-17/h13-18,21,29H,3-12H2,1-2H3,(H,24,25,26)/t15-,17-,18-,21-/m1/s1. The third kappa shape index (κ3) is 3.89. The number of nitrogens with one attached hydrogen (secondary N) is 1. The summed E-state index contributed by atoms with van der Waals surface area (Å²) in [6.45, 7) is 4.58. The maximum absolute atomic E-state index is 9.97. The average molecular weight is 398 g/mol. The molecule has 2 aliphatic carbocycles. The second-order valence-electron chi connectivity index (χ2n) is 9.62. The maximum Gasteiger partial charge on any atom is 0.224 e. The van der Waals surface area contributed by atoms with Crippen LogP contribution < -0.4 is 5.32 Å². The van der Waals surface area contributed by atoms with Gasteiger partial charge in [-0.2, -0.15) is 4.98 Å². The molecule has 1 saturated heterocycles. The number of anilines is 1. The summed E-state index contributed by atoms with van der Waals surface area (Å²) in [4.78, 5) is 12.2. The van der Waals surface area contributed by atoms with Crippen LogP contribution in [0.1, 0.15) is 75.8 Å². The number of likely N-dealkylation sites (tertiary alicyclic amines) is 1. The lowest BCUT2D eigenvalue weighted by Gasteiger charge is -2.29. The van der Waals surface area contributed by atoms with Gasteiger partial charge in [-0.25, -0.2) is 4.98 Å². The first-order valence-electron chi connectivity index (χ1n) is 11.6. The Bertz CT molecular complexity index is 848. The maximum atomic E-state index is 9.97. The van der Waals surface area contributed by atoms with Crippen molar-refractivity contribution in [1.82, 2.24) is 19.4 Å². The van der Waals surface area contributed by atoms with Crippen LogP contribution in [0.2, 0.25) is 0 Å². The Morgan fingerprint density at radius 1 is 1.14 bits per heavy atom. The topological polar surface area (TPSA) is 66.2 Å². The van der Waals surface area contributed by atoms with Crippen LogP contribution in [0.4, 0.5) is 5.95 Å². The van der Waals surface area contributed by atoms with Crippen molar-refractivity contribution >= 4 is 17.0 Å². The highest BCUT2D eigenvalue weighted by molar-refractivity contribution is 5.81. The lowest BCUT2D eigenvalue weighted by molar-refractivity contribution is 0.111. The normalized spacial score (nSPS) is 31.3. The Hall–Kier alpha value is -1.66. The molecular weight excluding hydrogens is 362 g/mol. The minimum absolute atomic E-state index is 0.130. The molecule has 5 rings (SSSR count). The highest BCUT2D eigenvalue weighted by Crippen LogP contribution is 2.39. The molecule has 3 aliphatic rings. The molecule has 2 aromatic heterocycles. The molecule has 158 valence electrons. The zero-order valence-corrected chi connectivity index (χ0v) is 17.8. The van der Waals surface area contributed by atoms with Crippen molar-refractivity contribution in [2.24, 2.45) is 5.92 Å². The molecule has 0 unspecified atom stereocenters. The zero-order valence-electron chi connectivity index (χ0n) is 17.8. The largest absolute Gasteiger partial charge is 0.393 e. The third-order valence-corrected chi connectivity index (χ3v) is 7.58. The van der Waals surface area contributed by atoms with E-state index in [0.717, 1.165) is 56.3 Å².